The lowest BCUT2D eigenvalue weighted by Crippen LogP contribution is -1.95. The number of thioether (sulfide) groups is 1. The molecule has 0 amide bonds. The van der Waals surface area contributed by atoms with E-state index in [9.17, 15) is 0 Å². The van der Waals surface area contributed by atoms with Gasteiger partial charge >= 0.3 is 0 Å². The number of nitrogen functional groups attached to an aromatic ring is 1. The van der Waals surface area contributed by atoms with Crippen LogP contribution in [0.1, 0.15) is 5.56 Å². The minimum atomic E-state index is 0.598. The van der Waals surface area contributed by atoms with Crippen LogP contribution in [0.15, 0.2) is 47.8 Å². The van der Waals surface area contributed by atoms with Crippen LogP contribution in [0.25, 0.3) is 0 Å². The quantitative estimate of drug-likeness (QED) is 0.802. The Kier molecular flexibility index (Phi) is 3.19. The Bertz CT molecular complexity index is 431. The fourth-order valence-corrected chi connectivity index (χ4v) is 2.01. The van der Waals surface area contributed by atoms with E-state index in [1.54, 1.807) is 24.2 Å². The molecule has 76 valence electrons. The van der Waals surface area contributed by atoms with Gasteiger partial charge in [0.1, 0.15) is 5.82 Å². The molecule has 0 saturated heterocycles. The van der Waals surface area contributed by atoms with Gasteiger partial charge in [0.25, 0.3) is 0 Å². The van der Waals surface area contributed by atoms with Gasteiger partial charge < -0.3 is 5.73 Å². The van der Waals surface area contributed by atoms with Crippen molar-refractivity contribution in [2.24, 2.45) is 0 Å². The first kappa shape index (κ1) is 9.98. The van der Waals surface area contributed by atoms with E-state index in [1.807, 2.05) is 30.3 Å². The van der Waals surface area contributed by atoms with E-state index in [4.69, 9.17) is 5.73 Å². The average Bonchev–Trinajstić information content (AvgIpc) is 2.29. The summed E-state index contributed by atoms with van der Waals surface area (Å²) in [4.78, 5) is 8.26. The molecule has 0 spiro atoms. The lowest BCUT2D eigenvalue weighted by atomic mass is 10.3. The molecule has 0 aliphatic carbocycles. The summed E-state index contributed by atoms with van der Waals surface area (Å²) < 4.78 is 0. The van der Waals surface area contributed by atoms with Crippen LogP contribution in [0.3, 0.4) is 0 Å². The van der Waals surface area contributed by atoms with Gasteiger partial charge in [-0.25, -0.2) is 9.97 Å². The van der Waals surface area contributed by atoms with Crippen molar-refractivity contribution in [3.63, 3.8) is 0 Å². The Labute approximate surface area is 92.8 Å². The van der Waals surface area contributed by atoms with Gasteiger partial charge in [-0.05, 0) is 18.2 Å². The van der Waals surface area contributed by atoms with Crippen molar-refractivity contribution in [2.75, 3.05) is 5.73 Å². The summed E-state index contributed by atoms with van der Waals surface area (Å²) in [7, 11) is 0. The first-order valence-corrected chi connectivity index (χ1v) is 5.58. The fourth-order valence-electron chi connectivity index (χ4n) is 1.16. The third kappa shape index (κ3) is 2.70. The maximum atomic E-state index is 5.74. The Hall–Kier alpha value is -1.55. The zero-order chi connectivity index (χ0) is 10.5. The molecule has 15 heavy (non-hydrogen) atoms. The second-order valence-corrected chi connectivity index (χ2v) is 4.00. The van der Waals surface area contributed by atoms with Crippen LogP contribution in [0, 0.1) is 0 Å². The number of hydrogen-bond donors (Lipinski definition) is 1. The number of rotatable bonds is 3. The van der Waals surface area contributed by atoms with Gasteiger partial charge in [0.2, 0.25) is 0 Å². The molecule has 0 aromatic carbocycles. The first-order chi connectivity index (χ1) is 7.36. The largest absolute Gasteiger partial charge is 0.383 e. The molecular weight excluding hydrogens is 206 g/mol. The minimum Gasteiger partial charge on any atom is -0.383 e. The number of nitrogens with two attached hydrogens (primary N) is 1. The highest BCUT2D eigenvalue weighted by atomic mass is 32.2. The summed E-state index contributed by atoms with van der Waals surface area (Å²) in [5.41, 5.74) is 6.79. The molecule has 2 aromatic rings. The zero-order valence-electron chi connectivity index (χ0n) is 8.13. The molecule has 0 saturated carbocycles. The summed E-state index contributed by atoms with van der Waals surface area (Å²) in [6.07, 6.45) is 3.49. The second kappa shape index (κ2) is 4.79. The van der Waals surface area contributed by atoms with Crippen molar-refractivity contribution in [2.45, 2.75) is 10.8 Å². The highest BCUT2D eigenvalue weighted by Crippen LogP contribution is 2.22. The van der Waals surface area contributed by atoms with E-state index in [1.165, 1.54) is 0 Å². The van der Waals surface area contributed by atoms with E-state index in [-0.39, 0.29) is 0 Å². The molecule has 2 rings (SSSR count). The minimum absolute atomic E-state index is 0.598. The standard InChI is InChI=1S/C11H11N3S/c12-11-9(4-3-7-14-11)8-15-10-5-1-2-6-13-10/h1-7H,8H2,(H2,12,14). The molecule has 0 aliphatic rings. The highest BCUT2D eigenvalue weighted by molar-refractivity contribution is 7.98. The van der Waals surface area contributed by atoms with E-state index in [2.05, 4.69) is 9.97 Å². The van der Waals surface area contributed by atoms with Crippen molar-refractivity contribution < 1.29 is 0 Å². The zero-order valence-corrected chi connectivity index (χ0v) is 8.95. The van der Waals surface area contributed by atoms with Crippen LogP contribution >= 0.6 is 11.8 Å². The summed E-state index contributed by atoms with van der Waals surface area (Å²) in [6, 6.07) is 9.74. The number of nitrogens with zero attached hydrogens (tertiary/aromatic N) is 2. The number of pyridine rings is 2. The average molecular weight is 217 g/mol. The molecule has 2 N–H and O–H groups in total. The predicted molar refractivity (Wildman–Crippen MR) is 62.4 cm³/mol. The number of hydrogen-bond acceptors (Lipinski definition) is 4. The Morgan fingerprint density at radius 3 is 2.67 bits per heavy atom. The van der Waals surface area contributed by atoms with Crippen molar-refractivity contribution >= 4 is 17.6 Å². The Balaban J connectivity index is 2.03. The normalized spacial score (nSPS) is 10.1. The van der Waals surface area contributed by atoms with Gasteiger partial charge in [0.05, 0.1) is 5.03 Å². The molecular formula is C11H11N3S. The fraction of sp³-hybridized carbons (Fsp3) is 0.0909. The molecule has 0 radical (unpaired) electrons. The highest BCUT2D eigenvalue weighted by Gasteiger charge is 2.00. The summed E-state index contributed by atoms with van der Waals surface area (Å²) in [5.74, 6) is 1.40. The molecule has 2 heterocycles. The maximum Gasteiger partial charge on any atom is 0.127 e. The molecule has 0 unspecified atom stereocenters. The summed E-state index contributed by atoms with van der Waals surface area (Å²) in [6.45, 7) is 0. The molecule has 0 aliphatic heterocycles. The van der Waals surface area contributed by atoms with E-state index >= 15 is 0 Å². The summed E-state index contributed by atoms with van der Waals surface area (Å²) in [5, 5.41) is 1.00. The monoisotopic (exact) mass is 217 g/mol. The molecule has 0 bridgehead atoms. The van der Waals surface area contributed by atoms with Crippen molar-refractivity contribution in [1.29, 1.82) is 0 Å². The lowest BCUT2D eigenvalue weighted by Gasteiger charge is -2.03. The van der Waals surface area contributed by atoms with Crippen LogP contribution in [-0.4, -0.2) is 9.97 Å². The van der Waals surface area contributed by atoms with Crippen molar-refractivity contribution in [3.05, 3.63) is 48.3 Å². The Morgan fingerprint density at radius 2 is 1.93 bits per heavy atom. The Morgan fingerprint density at radius 1 is 1.07 bits per heavy atom. The van der Waals surface area contributed by atoms with Gasteiger partial charge in [-0.2, -0.15) is 0 Å². The summed E-state index contributed by atoms with van der Waals surface area (Å²) >= 11 is 1.66. The first-order valence-electron chi connectivity index (χ1n) is 4.59. The maximum absolute atomic E-state index is 5.74. The third-order valence-electron chi connectivity index (χ3n) is 1.94. The molecule has 3 nitrogen and oxygen atoms in total. The van der Waals surface area contributed by atoms with E-state index in [0.717, 1.165) is 16.3 Å². The van der Waals surface area contributed by atoms with Crippen LogP contribution in [0.5, 0.6) is 0 Å². The molecule has 4 heteroatoms. The van der Waals surface area contributed by atoms with Crippen LogP contribution in [0.4, 0.5) is 5.82 Å². The number of anilines is 1. The van der Waals surface area contributed by atoms with Gasteiger partial charge in [-0.3, -0.25) is 0 Å². The van der Waals surface area contributed by atoms with Gasteiger partial charge in [-0.15, -0.1) is 11.8 Å². The van der Waals surface area contributed by atoms with E-state index in [0.29, 0.717) is 5.82 Å². The van der Waals surface area contributed by atoms with Gasteiger partial charge in [0, 0.05) is 23.7 Å². The van der Waals surface area contributed by atoms with Gasteiger partial charge in [-0.1, -0.05) is 12.1 Å². The third-order valence-corrected chi connectivity index (χ3v) is 2.93. The van der Waals surface area contributed by atoms with Gasteiger partial charge in [0.15, 0.2) is 0 Å². The molecule has 0 fully saturated rings. The molecule has 2 aromatic heterocycles. The van der Waals surface area contributed by atoms with Crippen LogP contribution in [-0.2, 0) is 5.75 Å². The smallest absolute Gasteiger partial charge is 0.127 e. The van der Waals surface area contributed by atoms with Crippen molar-refractivity contribution in [1.82, 2.24) is 9.97 Å². The SMILES string of the molecule is Nc1ncccc1CSc1ccccn1. The van der Waals surface area contributed by atoms with Crippen LogP contribution in [0.2, 0.25) is 0 Å². The topological polar surface area (TPSA) is 51.8 Å². The predicted octanol–water partition coefficient (Wildman–Crippen LogP) is 2.35. The van der Waals surface area contributed by atoms with E-state index < -0.39 is 0 Å². The van der Waals surface area contributed by atoms with Crippen LogP contribution < -0.4 is 5.73 Å². The number of aromatic nitrogens is 2. The second-order valence-electron chi connectivity index (χ2n) is 3.00. The lowest BCUT2D eigenvalue weighted by molar-refractivity contribution is 1.13. The molecule has 0 atom stereocenters. The van der Waals surface area contributed by atoms with Crippen molar-refractivity contribution in [3.8, 4) is 0 Å².